The number of quaternary nitrogens is 1. The van der Waals surface area contributed by atoms with Gasteiger partial charge in [0.2, 0.25) is 0 Å². The molecule has 0 bridgehead atoms. The van der Waals surface area contributed by atoms with Crippen LogP contribution >= 0.6 is 11.6 Å². The molecule has 5 nitrogen and oxygen atoms in total. The largest absolute Gasteiger partial charge is 0.344 e. The van der Waals surface area contributed by atoms with Gasteiger partial charge in [-0.25, -0.2) is 0 Å². The second-order valence-corrected chi connectivity index (χ2v) is 7.24. The maximum absolute atomic E-state index is 12.4. The maximum atomic E-state index is 12.4. The first kappa shape index (κ1) is 20.9. The SMILES string of the molecule is CC[C@H](NC(=O)C[NH+](C)CC(=O)Nc1ccc(Cl)cc1)c1ccc(C)cc1. The minimum Gasteiger partial charge on any atom is -0.344 e. The van der Waals surface area contributed by atoms with Gasteiger partial charge in [0, 0.05) is 10.7 Å². The minimum atomic E-state index is -0.145. The lowest BCUT2D eigenvalue weighted by Crippen LogP contribution is -3.11. The second-order valence-electron chi connectivity index (χ2n) is 6.80. The van der Waals surface area contributed by atoms with E-state index in [9.17, 15) is 9.59 Å². The number of nitrogens with one attached hydrogen (secondary N) is 3. The lowest BCUT2D eigenvalue weighted by atomic mass is 10.0. The summed E-state index contributed by atoms with van der Waals surface area (Å²) in [5.74, 6) is -0.215. The van der Waals surface area contributed by atoms with Crippen LogP contribution in [0.25, 0.3) is 0 Å². The summed E-state index contributed by atoms with van der Waals surface area (Å²) in [6.45, 7) is 4.52. The highest BCUT2D eigenvalue weighted by Crippen LogP contribution is 2.16. The van der Waals surface area contributed by atoms with Crippen LogP contribution in [0.3, 0.4) is 0 Å². The third kappa shape index (κ3) is 7.04. The van der Waals surface area contributed by atoms with Gasteiger partial charge in [0.1, 0.15) is 0 Å². The average molecular weight is 389 g/mol. The normalized spacial score (nSPS) is 12.9. The van der Waals surface area contributed by atoms with Crippen molar-refractivity contribution in [2.75, 3.05) is 25.5 Å². The zero-order valence-electron chi connectivity index (χ0n) is 16.0. The van der Waals surface area contributed by atoms with Gasteiger partial charge >= 0.3 is 0 Å². The van der Waals surface area contributed by atoms with E-state index >= 15 is 0 Å². The number of halogens is 1. The standard InChI is InChI=1S/C21H26ClN3O2/c1-4-19(16-7-5-15(2)6-8-16)24-21(27)14-25(3)13-20(26)23-18-11-9-17(22)10-12-18/h5-12,19H,4,13-14H2,1-3H3,(H,23,26)(H,24,27)/p+1/t19-/m0/s1. The fourth-order valence-corrected chi connectivity index (χ4v) is 2.94. The highest BCUT2D eigenvalue weighted by molar-refractivity contribution is 6.30. The van der Waals surface area contributed by atoms with Crippen LogP contribution in [0.4, 0.5) is 5.69 Å². The van der Waals surface area contributed by atoms with Gasteiger partial charge in [0.25, 0.3) is 11.8 Å². The molecule has 0 heterocycles. The van der Waals surface area contributed by atoms with E-state index < -0.39 is 0 Å². The van der Waals surface area contributed by atoms with E-state index in [0.29, 0.717) is 10.7 Å². The van der Waals surface area contributed by atoms with Gasteiger partial charge in [-0.05, 0) is 43.2 Å². The Balaban J connectivity index is 1.82. The van der Waals surface area contributed by atoms with Crippen molar-refractivity contribution in [2.45, 2.75) is 26.3 Å². The van der Waals surface area contributed by atoms with Crippen molar-refractivity contribution in [3.63, 3.8) is 0 Å². The molecule has 0 saturated carbocycles. The Morgan fingerprint density at radius 3 is 2.19 bits per heavy atom. The van der Waals surface area contributed by atoms with Gasteiger partial charge in [-0.2, -0.15) is 0 Å². The van der Waals surface area contributed by atoms with Gasteiger partial charge in [0.15, 0.2) is 13.1 Å². The number of amides is 2. The van der Waals surface area contributed by atoms with Crippen molar-refractivity contribution in [2.24, 2.45) is 0 Å². The summed E-state index contributed by atoms with van der Waals surface area (Å²) in [6, 6.07) is 15.1. The van der Waals surface area contributed by atoms with E-state index in [1.165, 1.54) is 5.56 Å². The molecule has 2 amide bonds. The molecule has 2 aromatic carbocycles. The monoisotopic (exact) mass is 388 g/mol. The molecule has 0 aliphatic heterocycles. The quantitative estimate of drug-likeness (QED) is 0.650. The molecule has 2 rings (SSSR count). The molecule has 0 fully saturated rings. The topological polar surface area (TPSA) is 62.6 Å². The van der Waals surface area contributed by atoms with Gasteiger partial charge in [0.05, 0.1) is 13.1 Å². The lowest BCUT2D eigenvalue weighted by Gasteiger charge is -2.19. The number of carbonyl (C=O) groups is 2. The van der Waals surface area contributed by atoms with E-state index in [0.717, 1.165) is 16.9 Å². The molecule has 144 valence electrons. The molecule has 1 unspecified atom stereocenters. The fourth-order valence-electron chi connectivity index (χ4n) is 2.81. The molecule has 0 spiro atoms. The first-order valence-electron chi connectivity index (χ1n) is 9.10. The molecule has 6 heteroatoms. The Morgan fingerprint density at radius 1 is 1.00 bits per heavy atom. The van der Waals surface area contributed by atoms with Gasteiger partial charge in [-0.15, -0.1) is 0 Å². The number of aryl methyl sites for hydroxylation is 1. The number of anilines is 1. The number of likely N-dealkylation sites (N-methyl/N-ethyl adjacent to an activating group) is 1. The Kier molecular flexibility index (Phi) is 7.82. The Bertz CT molecular complexity index is 760. The van der Waals surface area contributed by atoms with E-state index in [-0.39, 0.29) is 30.9 Å². The van der Waals surface area contributed by atoms with Crippen molar-refractivity contribution in [3.8, 4) is 0 Å². The first-order chi connectivity index (χ1) is 12.9. The number of benzene rings is 2. The van der Waals surface area contributed by atoms with Crippen molar-refractivity contribution in [1.29, 1.82) is 0 Å². The van der Waals surface area contributed by atoms with Crippen LogP contribution in [-0.4, -0.2) is 32.0 Å². The zero-order valence-corrected chi connectivity index (χ0v) is 16.8. The first-order valence-corrected chi connectivity index (χ1v) is 9.47. The van der Waals surface area contributed by atoms with Crippen molar-refractivity contribution >= 4 is 29.1 Å². The molecule has 0 saturated heterocycles. The Morgan fingerprint density at radius 2 is 1.59 bits per heavy atom. The summed E-state index contributed by atoms with van der Waals surface area (Å²) in [7, 11) is 1.83. The molecular weight excluding hydrogens is 362 g/mol. The third-order valence-corrected chi connectivity index (χ3v) is 4.53. The molecule has 0 aromatic heterocycles. The molecule has 2 atom stereocenters. The molecule has 27 heavy (non-hydrogen) atoms. The molecular formula is C21H27ClN3O2+. The summed E-state index contributed by atoms with van der Waals surface area (Å²) >= 11 is 5.83. The van der Waals surface area contributed by atoms with Crippen LogP contribution in [0.2, 0.25) is 5.02 Å². The molecule has 2 aromatic rings. The van der Waals surface area contributed by atoms with Crippen molar-refractivity contribution in [1.82, 2.24) is 5.32 Å². The predicted octanol–water partition coefficient (Wildman–Crippen LogP) is 2.37. The van der Waals surface area contributed by atoms with Crippen LogP contribution in [-0.2, 0) is 9.59 Å². The summed E-state index contributed by atoms with van der Waals surface area (Å²) in [6.07, 6.45) is 0.810. The summed E-state index contributed by atoms with van der Waals surface area (Å²) in [5.41, 5.74) is 2.97. The van der Waals surface area contributed by atoms with E-state index in [4.69, 9.17) is 11.6 Å². The van der Waals surface area contributed by atoms with Gasteiger partial charge in [-0.3, -0.25) is 9.59 Å². The van der Waals surface area contributed by atoms with Crippen molar-refractivity contribution < 1.29 is 14.5 Å². The van der Waals surface area contributed by atoms with Gasteiger partial charge < -0.3 is 15.5 Å². The van der Waals surface area contributed by atoms with Gasteiger partial charge in [-0.1, -0.05) is 48.4 Å². The number of hydrogen-bond donors (Lipinski definition) is 3. The molecule has 0 aliphatic rings. The number of carbonyl (C=O) groups excluding carboxylic acids is 2. The lowest BCUT2D eigenvalue weighted by molar-refractivity contribution is -0.862. The van der Waals surface area contributed by atoms with Crippen molar-refractivity contribution in [3.05, 3.63) is 64.7 Å². The van der Waals surface area contributed by atoms with Crippen LogP contribution < -0.4 is 15.5 Å². The highest BCUT2D eigenvalue weighted by atomic mass is 35.5. The highest BCUT2D eigenvalue weighted by Gasteiger charge is 2.18. The minimum absolute atomic E-state index is 0.0196. The fraction of sp³-hybridized carbons (Fsp3) is 0.333. The third-order valence-electron chi connectivity index (χ3n) is 4.28. The smallest absolute Gasteiger partial charge is 0.279 e. The molecule has 3 N–H and O–H groups in total. The second kappa shape index (κ2) is 10.1. The van der Waals surface area contributed by atoms with E-state index in [1.807, 2.05) is 45.2 Å². The molecule has 0 aliphatic carbocycles. The van der Waals surface area contributed by atoms with Crippen LogP contribution in [0.1, 0.15) is 30.5 Å². The van der Waals surface area contributed by atoms with Crippen LogP contribution in [0.5, 0.6) is 0 Å². The van der Waals surface area contributed by atoms with Crippen LogP contribution in [0, 0.1) is 6.92 Å². The number of hydrogen-bond acceptors (Lipinski definition) is 2. The maximum Gasteiger partial charge on any atom is 0.279 e. The Hall–Kier alpha value is -2.37. The molecule has 0 radical (unpaired) electrons. The predicted molar refractivity (Wildman–Crippen MR) is 109 cm³/mol. The van der Waals surface area contributed by atoms with E-state index in [1.54, 1.807) is 24.3 Å². The average Bonchev–Trinajstić information content (AvgIpc) is 2.62. The zero-order chi connectivity index (χ0) is 19.8. The summed E-state index contributed by atoms with van der Waals surface area (Å²) < 4.78 is 0. The van der Waals surface area contributed by atoms with Crippen LogP contribution in [0.15, 0.2) is 48.5 Å². The Labute approximate surface area is 165 Å². The summed E-state index contributed by atoms with van der Waals surface area (Å²) in [5, 5.41) is 6.48. The van der Waals surface area contributed by atoms with E-state index in [2.05, 4.69) is 10.6 Å². The summed E-state index contributed by atoms with van der Waals surface area (Å²) in [4.78, 5) is 25.3. The number of rotatable bonds is 8.